The number of hydrogen-bond donors (Lipinski definition) is 1. The molecule has 1 heterocycles. The van der Waals surface area contributed by atoms with Gasteiger partial charge in [0.1, 0.15) is 11.6 Å². The summed E-state index contributed by atoms with van der Waals surface area (Å²) in [5.74, 6) is 0.762. The molecular formula is C12H22N2O3S. The van der Waals surface area contributed by atoms with Gasteiger partial charge < -0.3 is 10.1 Å². The molecule has 2 amide bonds. The van der Waals surface area contributed by atoms with Gasteiger partial charge in [-0.2, -0.15) is 11.8 Å². The Morgan fingerprint density at radius 2 is 2.22 bits per heavy atom. The highest BCUT2D eigenvalue weighted by Gasteiger charge is 2.34. The van der Waals surface area contributed by atoms with Crippen molar-refractivity contribution in [1.82, 2.24) is 10.2 Å². The normalized spacial score (nSPS) is 20.6. The minimum Gasteiger partial charge on any atom is -0.444 e. The van der Waals surface area contributed by atoms with E-state index >= 15 is 0 Å². The number of amides is 2. The van der Waals surface area contributed by atoms with Crippen LogP contribution >= 0.6 is 11.8 Å². The lowest BCUT2D eigenvalue weighted by Gasteiger charge is -2.36. The Morgan fingerprint density at radius 1 is 1.56 bits per heavy atom. The number of ether oxygens (including phenoxy) is 1. The molecule has 0 radical (unpaired) electrons. The molecule has 0 bridgehead atoms. The van der Waals surface area contributed by atoms with Crippen LogP contribution in [0.2, 0.25) is 0 Å². The molecule has 5 nitrogen and oxygen atoms in total. The lowest BCUT2D eigenvalue weighted by atomic mass is 10.1. The first kappa shape index (κ1) is 15.1. The second-order valence-electron chi connectivity index (χ2n) is 5.26. The van der Waals surface area contributed by atoms with Crippen molar-refractivity contribution in [1.29, 1.82) is 0 Å². The molecule has 6 heteroatoms. The van der Waals surface area contributed by atoms with Gasteiger partial charge in [-0.25, -0.2) is 4.79 Å². The van der Waals surface area contributed by atoms with Crippen LogP contribution in [0.3, 0.4) is 0 Å². The number of nitrogens with one attached hydrogen (secondary N) is 1. The predicted molar refractivity (Wildman–Crippen MR) is 72.7 cm³/mol. The van der Waals surface area contributed by atoms with E-state index in [-0.39, 0.29) is 5.91 Å². The minimum absolute atomic E-state index is 0.0823. The number of hydrogen-bond acceptors (Lipinski definition) is 4. The van der Waals surface area contributed by atoms with Gasteiger partial charge in [-0.05, 0) is 39.2 Å². The molecule has 1 fully saturated rings. The largest absolute Gasteiger partial charge is 0.444 e. The average Bonchev–Trinajstić information content (AvgIpc) is 2.24. The van der Waals surface area contributed by atoms with Gasteiger partial charge in [0.25, 0.3) is 0 Å². The SMILES string of the molecule is CSCCC1C(=O)NCCN1C(=O)OC(C)(C)C. The van der Waals surface area contributed by atoms with Crippen molar-refractivity contribution in [2.45, 2.75) is 38.8 Å². The fourth-order valence-electron chi connectivity index (χ4n) is 1.77. The van der Waals surface area contributed by atoms with E-state index in [0.717, 1.165) is 5.75 Å². The highest BCUT2D eigenvalue weighted by molar-refractivity contribution is 7.98. The standard InChI is InChI=1S/C12H22N2O3S/c1-12(2,3)17-11(16)14-7-6-13-10(15)9(14)5-8-18-4/h9H,5-8H2,1-4H3,(H,13,15). The Kier molecular flexibility index (Phi) is 5.31. The van der Waals surface area contributed by atoms with Gasteiger partial charge in [-0.15, -0.1) is 0 Å². The summed E-state index contributed by atoms with van der Waals surface area (Å²) in [6.07, 6.45) is 2.24. The third-order valence-electron chi connectivity index (χ3n) is 2.55. The van der Waals surface area contributed by atoms with Gasteiger partial charge in [0.05, 0.1) is 0 Å². The summed E-state index contributed by atoms with van der Waals surface area (Å²) in [6.45, 7) is 6.48. The number of nitrogens with zero attached hydrogens (tertiary/aromatic N) is 1. The van der Waals surface area contributed by atoms with E-state index in [9.17, 15) is 9.59 Å². The maximum Gasteiger partial charge on any atom is 0.411 e. The van der Waals surface area contributed by atoms with Gasteiger partial charge >= 0.3 is 6.09 Å². The number of carbonyl (C=O) groups excluding carboxylic acids is 2. The van der Waals surface area contributed by atoms with Crippen LogP contribution in [0.1, 0.15) is 27.2 Å². The highest BCUT2D eigenvalue weighted by Crippen LogP contribution is 2.16. The summed E-state index contributed by atoms with van der Waals surface area (Å²) < 4.78 is 5.34. The molecule has 1 aliphatic rings. The molecule has 1 saturated heterocycles. The molecule has 0 spiro atoms. The highest BCUT2D eigenvalue weighted by atomic mass is 32.2. The number of carbonyl (C=O) groups is 2. The quantitative estimate of drug-likeness (QED) is 0.847. The van der Waals surface area contributed by atoms with E-state index < -0.39 is 17.7 Å². The van der Waals surface area contributed by atoms with Gasteiger partial charge in [-0.1, -0.05) is 0 Å². The van der Waals surface area contributed by atoms with Crippen molar-refractivity contribution >= 4 is 23.8 Å². The fraction of sp³-hybridized carbons (Fsp3) is 0.833. The van der Waals surface area contributed by atoms with Gasteiger partial charge in [0.15, 0.2) is 0 Å². The molecular weight excluding hydrogens is 252 g/mol. The van der Waals surface area contributed by atoms with Crippen LogP contribution in [0, 0.1) is 0 Å². The van der Waals surface area contributed by atoms with Crippen LogP contribution in [0.15, 0.2) is 0 Å². The molecule has 1 N–H and O–H groups in total. The van der Waals surface area contributed by atoms with Crippen LogP contribution in [-0.2, 0) is 9.53 Å². The fourth-order valence-corrected chi connectivity index (χ4v) is 2.23. The zero-order chi connectivity index (χ0) is 13.8. The first-order valence-electron chi connectivity index (χ1n) is 6.11. The summed E-state index contributed by atoms with van der Waals surface area (Å²) in [5.41, 5.74) is -0.533. The topological polar surface area (TPSA) is 58.6 Å². The van der Waals surface area contributed by atoms with Gasteiger partial charge in [-0.3, -0.25) is 9.69 Å². The first-order valence-corrected chi connectivity index (χ1v) is 7.51. The maximum atomic E-state index is 12.0. The molecule has 1 atom stereocenters. The number of thioether (sulfide) groups is 1. The molecule has 1 unspecified atom stereocenters. The monoisotopic (exact) mass is 274 g/mol. The van der Waals surface area contributed by atoms with Crippen LogP contribution < -0.4 is 5.32 Å². The summed E-state index contributed by atoms with van der Waals surface area (Å²) >= 11 is 1.67. The minimum atomic E-state index is -0.533. The second kappa shape index (κ2) is 6.31. The van der Waals surface area contributed by atoms with Gasteiger partial charge in [0.2, 0.25) is 5.91 Å². The summed E-state index contributed by atoms with van der Waals surface area (Å²) in [7, 11) is 0. The van der Waals surface area contributed by atoms with E-state index in [1.807, 2.05) is 27.0 Å². The number of rotatable bonds is 3. The Morgan fingerprint density at radius 3 is 2.78 bits per heavy atom. The van der Waals surface area contributed by atoms with E-state index in [1.54, 1.807) is 16.7 Å². The Labute approximate surface area is 113 Å². The molecule has 18 heavy (non-hydrogen) atoms. The summed E-state index contributed by atoms with van der Waals surface area (Å²) in [6, 6.07) is -0.402. The molecule has 0 aromatic rings. The van der Waals surface area contributed by atoms with E-state index in [1.165, 1.54) is 0 Å². The van der Waals surface area contributed by atoms with Crippen LogP contribution in [0.25, 0.3) is 0 Å². The van der Waals surface area contributed by atoms with Crippen molar-refractivity contribution in [3.8, 4) is 0 Å². The first-order chi connectivity index (χ1) is 8.35. The zero-order valence-corrected chi connectivity index (χ0v) is 12.3. The van der Waals surface area contributed by atoms with Crippen molar-refractivity contribution in [3.05, 3.63) is 0 Å². The molecule has 0 aromatic carbocycles. The van der Waals surface area contributed by atoms with Crippen LogP contribution in [0.4, 0.5) is 4.79 Å². The van der Waals surface area contributed by atoms with E-state index in [2.05, 4.69) is 5.32 Å². The lowest BCUT2D eigenvalue weighted by molar-refractivity contribution is -0.128. The van der Waals surface area contributed by atoms with Gasteiger partial charge in [0, 0.05) is 13.1 Å². The third kappa shape index (κ3) is 4.40. The van der Waals surface area contributed by atoms with Crippen molar-refractivity contribution < 1.29 is 14.3 Å². The Hall–Kier alpha value is -0.910. The van der Waals surface area contributed by atoms with E-state index in [0.29, 0.717) is 19.5 Å². The van der Waals surface area contributed by atoms with Crippen molar-refractivity contribution in [2.24, 2.45) is 0 Å². The smallest absolute Gasteiger partial charge is 0.411 e. The van der Waals surface area contributed by atoms with Crippen molar-refractivity contribution in [3.63, 3.8) is 0 Å². The molecule has 0 aliphatic carbocycles. The molecule has 1 aliphatic heterocycles. The molecule has 0 saturated carbocycles. The molecule has 104 valence electrons. The summed E-state index contributed by atoms with van der Waals surface area (Å²) in [5, 5.41) is 2.79. The van der Waals surface area contributed by atoms with Crippen LogP contribution in [0.5, 0.6) is 0 Å². The Balaban J connectivity index is 2.69. The molecule has 1 rings (SSSR count). The molecule has 0 aromatic heterocycles. The Bertz CT molecular complexity index is 315. The number of piperazine rings is 1. The second-order valence-corrected chi connectivity index (χ2v) is 6.25. The lowest BCUT2D eigenvalue weighted by Crippen LogP contribution is -2.58. The zero-order valence-electron chi connectivity index (χ0n) is 11.5. The summed E-state index contributed by atoms with van der Waals surface area (Å²) in [4.78, 5) is 25.4. The van der Waals surface area contributed by atoms with Crippen LogP contribution in [-0.4, -0.2) is 53.6 Å². The third-order valence-corrected chi connectivity index (χ3v) is 3.20. The van der Waals surface area contributed by atoms with E-state index in [4.69, 9.17) is 4.74 Å². The average molecular weight is 274 g/mol. The predicted octanol–water partition coefficient (Wildman–Crippen LogP) is 1.47. The van der Waals surface area contributed by atoms with Crippen molar-refractivity contribution in [2.75, 3.05) is 25.1 Å². The maximum absolute atomic E-state index is 12.0.